The van der Waals surface area contributed by atoms with Crippen LogP contribution >= 0.6 is 23.2 Å². The molecule has 71 heavy (non-hydrogen) atoms. The summed E-state index contributed by atoms with van der Waals surface area (Å²) in [7, 11) is 4.19. The van der Waals surface area contributed by atoms with Crippen LogP contribution in [0.3, 0.4) is 0 Å². The number of nitrogens with zero attached hydrogens (tertiary/aromatic N) is 8. The van der Waals surface area contributed by atoms with Gasteiger partial charge in [0.15, 0.2) is 13.2 Å². The Morgan fingerprint density at radius 3 is 1.38 bits per heavy atom. The number of aryl methyl sites for hydroxylation is 2. The van der Waals surface area contributed by atoms with Gasteiger partial charge in [-0.1, -0.05) is 23.2 Å². The molecule has 2 aromatic heterocycles. The van der Waals surface area contributed by atoms with Gasteiger partial charge in [-0.3, -0.25) is 9.59 Å². The van der Waals surface area contributed by atoms with E-state index in [0.29, 0.717) is 23.3 Å². The molecule has 378 valence electrons. The Bertz CT molecular complexity index is 2870. The highest BCUT2D eigenvalue weighted by atomic mass is 35.5. The Hall–Kier alpha value is -6.62. The summed E-state index contributed by atoms with van der Waals surface area (Å²) in [6.45, 7) is 10.4. The van der Waals surface area contributed by atoms with E-state index < -0.39 is 49.3 Å². The van der Waals surface area contributed by atoms with E-state index in [1.807, 2.05) is 26.0 Å². The molecule has 2 amide bonds. The second-order valence-corrected chi connectivity index (χ2v) is 17.4. The van der Waals surface area contributed by atoms with Gasteiger partial charge in [0.05, 0.1) is 32.5 Å². The lowest BCUT2D eigenvalue weighted by atomic mass is 10.1. The number of rotatable bonds is 12. The van der Waals surface area contributed by atoms with E-state index in [2.05, 4.69) is 63.8 Å². The van der Waals surface area contributed by atoms with Crippen molar-refractivity contribution in [2.45, 2.75) is 33.0 Å². The van der Waals surface area contributed by atoms with Gasteiger partial charge < -0.3 is 49.2 Å². The first kappa shape index (κ1) is 52.2. The van der Waals surface area contributed by atoms with Gasteiger partial charge in [-0.15, -0.1) is 26.3 Å². The molecule has 2 N–H and O–H groups in total. The zero-order valence-electron chi connectivity index (χ0n) is 38.8. The van der Waals surface area contributed by atoms with Gasteiger partial charge in [0.1, 0.15) is 23.0 Å². The number of fused-ring (bicyclic) bond motifs is 2. The molecular formula is C47H48Cl2F6N10O6. The van der Waals surface area contributed by atoms with E-state index in [0.717, 1.165) is 116 Å². The fourth-order valence-electron chi connectivity index (χ4n) is 7.50. The molecule has 2 fully saturated rings. The quantitative estimate of drug-likeness (QED) is 0.112. The molecule has 0 radical (unpaired) electrons. The van der Waals surface area contributed by atoms with Crippen molar-refractivity contribution in [2.24, 2.45) is 0 Å². The Morgan fingerprint density at radius 1 is 0.563 bits per heavy atom. The number of ether oxygens (including phenoxy) is 4. The minimum absolute atomic E-state index is 0.0514. The van der Waals surface area contributed by atoms with Crippen LogP contribution < -0.4 is 39.4 Å². The van der Waals surface area contributed by atoms with E-state index in [1.54, 1.807) is 24.3 Å². The van der Waals surface area contributed by atoms with Gasteiger partial charge in [-0.2, -0.15) is 0 Å². The van der Waals surface area contributed by atoms with Crippen LogP contribution in [-0.4, -0.2) is 134 Å². The third kappa shape index (κ3) is 15.0. The number of anilines is 4. The van der Waals surface area contributed by atoms with Crippen LogP contribution in [0.2, 0.25) is 10.0 Å². The Balaban J connectivity index is 0.000000209. The number of nitrogens with one attached hydrogen (secondary N) is 2. The lowest BCUT2D eigenvalue weighted by Crippen LogP contribution is -2.45. The first-order valence-electron chi connectivity index (χ1n) is 22.0. The molecule has 6 aromatic rings. The minimum atomic E-state index is -4.83. The van der Waals surface area contributed by atoms with Crippen molar-refractivity contribution in [1.29, 1.82) is 0 Å². The molecule has 0 bridgehead atoms. The fraction of sp³-hybridized carbons (Fsp3) is 0.362. The average molecular weight is 1030 g/mol. The summed E-state index contributed by atoms with van der Waals surface area (Å²) < 4.78 is 92.2. The number of carbonyl (C=O) groups is 2. The number of amides is 2. The van der Waals surface area contributed by atoms with E-state index in [-0.39, 0.29) is 21.5 Å². The fourth-order valence-corrected chi connectivity index (χ4v) is 7.95. The lowest BCUT2D eigenvalue weighted by Gasteiger charge is -2.32. The molecule has 24 heteroatoms. The molecule has 16 nitrogen and oxygen atoms in total. The van der Waals surface area contributed by atoms with Gasteiger partial charge in [0.25, 0.3) is 11.8 Å². The molecule has 0 saturated carbocycles. The standard InChI is InChI=1S/C24H25ClF3N5O3.C23H23ClF3N5O3/c1-15-18-12-16(4-6-20(18)31-23(29-15)33-9-3-8-32(2)10-11-33)30-22(34)14-35-21-7-5-17(13-19(21)25)36-24(26,27)28;1-14-17-11-15(3-5-19(17)30-22(28-14)32-9-7-31(2)8-10-32)29-21(33)13-34-20-6-4-16(12-18(20)24)35-23(25,26)27/h4-7,12-13H,3,8-11,14H2,1-2H3,(H,30,34);3-6,11-12H,7-10,13H2,1-2H3,(H,29,33). The van der Waals surface area contributed by atoms with Crippen molar-refractivity contribution < 1.29 is 54.9 Å². The number of alkyl halides is 6. The number of likely N-dealkylation sites (N-methyl/N-ethyl adjacent to an activating group) is 2. The molecule has 0 atom stereocenters. The summed E-state index contributed by atoms with van der Waals surface area (Å²) >= 11 is 11.9. The molecule has 4 heterocycles. The van der Waals surface area contributed by atoms with Crippen molar-refractivity contribution in [1.82, 2.24) is 29.7 Å². The highest BCUT2D eigenvalue weighted by Gasteiger charge is 2.32. The maximum atomic E-state index is 12.4. The third-order valence-corrected chi connectivity index (χ3v) is 11.7. The van der Waals surface area contributed by atoms with Gasteiger partial charge in [-0.25, -0.2) is 19.9 Å². The van der Waals surface area contributed by atoms with Crippen molar-refractivity contribution >= 4 is 80.1 Å². The Morgan fingerprint density at radius 2 is 0.972 bits per heavy atom. The van der Waals surface area contributed by atoms with Crippen molar-refractivity contribution in [3.63, 3.8) is 0 Å². The highest BCUT2D eigenvalue weighted by molar-refractivity contribution is 6.32. The number of carbonyl (C=O) groups excluding carboxylic acids is 2. The molecule has 8 rings (SSSR count). The third-order valence-electron chi connectivity index (χ3n) is 11.1. The maximum absolute atomic E-state index is 12.4. The van der Waals surface area contributed by atoms with Crippen molar-refractivity contribution in [2.75, 3.05) is 100 Å². The predicted octanol–water partition coefficient (Wildman–Crippen LogP) is 8.91. The van der Waals surface area contributed by atoms with Crippen LogP contribution in [0, 0.1) is 13.8 Å². The van der Waals surface area contributed by atoms with E-state index in [4.69, 9.17) is 42.6 Å². The number of hydrogen-bond donors (Lipinski definition) is 2. The van der Waals surface area contributed by atoms with Gasteiger partial charge in [-0.05, 0) is 102 Å². The molecule has 0 unspecified atom stereocenters. The van der Waals surface area contributed by atoms with Crippen LogP contribution in [0.15, 0.2) is 72.8 Å². The monoisotopic (exact) mass is 1030 g/mol. The second-order valence-electron chi connectivity index (χ2n) is 16.6. The van der Waals surface area contributed by atoms with Gasteiger partial charge >= 0.3 is 12.7 Å². The number of hydrogen-bond acceptors (Lipinski definition) is 14. The molecule has 0 spiro atoms. The van der Waals surface area contributed by atoms with Crippen molar-refractivity contribution in [3.8, 4) is 23.0 Å². The number of aromatic nitrogens is 4. The molecule has 0 aliphatic carbocycles. The SMILES string of the molecule is Cc1nc(N2CCCN(C)CC2)nc2ccc(NC(=O)COc3ccc(OC(F)(F)F)cc3Cl)cc12.Cc1nc(N2CCN(C)CC2)nc2ccc(NC(=O)COc3ccc(OC(F)(F)F)cc3Cl)cc12. The van der Waals surface area contributed by atoms with E-state index in [1.165, 1.54) is 12.1 Å². The van der Waals surface area contributed by atoms with Gasteiger partial charge in [0, 0.05) is 80.1 Å². The summed E-state index contributed by atoms with van der Waals surface area (Å²) in [4.78, 5) is 52.4. The van der Waals surface area contributed by atoms with Crippen LogP contribution in [0.25, 0.3) is 21.8 Å². The summed E-state index contributed by atoms with van der Waals surface area (Å²) in [6, 6.07) is 17.1. The largest absolute Gasteiger partial charge is 0.573 e. The molecule has 2 saturated heterocycles. The first-order valence-corrected chi connectivity index (χ1v) is 22.8. The summed E-state index contributed by atoms with van der Waals surface area (Å²) in [5.41, 5.74) is 4.21. The van der Waals surface area contributed by atoms with E-state index in [9.17, 15) is 35.9 Å². The lowest BCUT2D eigenvalue weighted by molar-refractivity contribution is -0.275. The summed E-state index contributed by atoms with van der Waals surface area (Å²) in [5.74, 6) is -0.408. The number of piperazine rings is 1. The average Bonchev–Trinajstić information content (AvgIpc) is 3.52. The smallest absolute Gasteiger partial charge is 0.482 e. The van der Waals surface area contributed by atoms with Crippen molar-refractivity contribution in [3.05, 3.63) is 94.2 Å². The maximum Gasteiger partial charge on any atom is 0.573 e. The minimum Gasteiger partial charge on any atom is -0.482 e. The molecule has 2 aliphatic heterocycles. The zero-order chi connectivity index (χ0) is 51.0. The second kappa shape index (κ2) is 22.6. The Kier molecular flexibility index (Phi) is 16.6. The first-order chi connectivity index (χ1) is 33.6. The highest BCUT2D eigenvalue weighted by Crippen LogP contribution is 2.34. The van der Waals surface area contributed by atoms with E-state index >= 15 is 0 Å². The zero-order valence-corrected chi connectivity index (χ0v) is 40.3. The molecular weight excluding hydrogens is 985 g/mol. The van der Waals surface area contributed by atoms with Crippen LogP contribution in [0.5, 0.6) is 23.0 Å². The predicted molar refractivity (Wildman–Crippen MR) is 257 cm³/mol. The Labute approximate surface area is 413 Å². The molecule has 2 aliphatic rings. The van der Waals surface area contributed by atoms with Crippen LogP contribution in [0.1, 0.15) is 17.8 Å². The van der Waals surface area contributed by atoms with Crippen LogP contribution in [0.4, 0.5) is 49.6 Å². The molecule has 4 aromatic carbocycles. The summed E-state index contributed by atoms with van der Waals surface area (Å²) in [6.07, 6.45) is -8.62. The summed E-state index contributed by atoms with van der Waals surface area (Å²) in [5, 5.41) is 6.85. The normalized spacial score (nSPS) is 14.9. The number of halogens is 8. The van der Waals surface area contributed by atoms with Crippen LogP contribution in [-0.2, 0) is 9.59 Å². The number of benzene rings is 4. The topological polar surface area (TPSA) is 160 Å². The van der Waals surface area contributed by atoms with Gasteiger partial charge in [0.2, 0.25) is 11.9 Å².